The van der Waals surface area contributed by atoms with Crippen molar-refractivity contribution >= 4 is 18.3 Å². The van der Waals surface area contributed by atoms with E-state index in [1.54, 1.807) is 12.1 Å². The first-order chi connectivity index (χ1) is 10.4. The highest BCUT2D eigenvalue weighted by Gasteiger charge is 2.35. The molecular weight excluding hydrogens is 319 g/mol. The van der Waals surface area contributed by atoms with Gasteiger partial charge in [-0.3, -0.25) is 4.79 Å². The second-order valence-electron chi connectivity index (χ2n) is 6.52. The average Bonchev–Trinajstić information content (AvgIpc) is 2.48. The molecule has 1 aromatic carbocycles. The average molecular weight is 345 g/mol. The maximum absolute atomic E-state index is 12.9. The molecule has 1 saturated heterocycles. The highest BCUT2D eigenvalue weighted by Crippen LogP contribution is 2.26. The van der Waals surface area contributed by atoms with E-state index in [9.17, 15) is 14.3 Å². The summed E-state index contributed by atoms with van der Waals surface area (Å²) in [5.74, 6) is -0.298. The summed E-state index contributed by atoms with van der Waals surface area (Å²) in [6.45, 7) is 5.50. The van der Waals surface area contributed by atoms with Crippen molar-refractivity contribution in [2.75, 3.05) is 13.1 Å². The van der Waals surface area contributed by atoms with Gasteiger partial charge in [0.05, 0.1) is 11.5 Å². The second kappa shape index (κ2) is 8.62. The summed E-state index contributed by atoms with van der Waals surface area (Å²) in [4.78, 5) is 12.4. The minimum Gasteiger partial charge on any atom is -0.388 e. The largest absolute Gasteiger partial charge is 0.388 e. The number of hydrogen-bond acceptors (Lipinski definition) is 3. The van der Waals surface area contributed by atoms with Crippen molar-refractivity contribution in [1.29, 1.82) is 0 Å². The number of nitrogens with one attached hydrogen (secondary N) is 2. The first-order valence-electron chi connectivity index (χ1n) is 7.86. The molecule has 1 aromatic rings. The second-order valence-corrected chi connectivity index (χ2v) is 6.52. The summed E-state index contributed by atoms with van der Waals surface area (Å²) in [6, 6.07) is 5.65. The molecule has 0 aromatic heterocycles. The Morgan fingerprint density at radius 1 is 1.43 bits per heavy atom. The number of aliphatic hydroxyl groups is 1. The first-order valence-corrected chi connectivity index (χ1v) is 7.86. The van der Waals surface area contributed by atoms with Crippen LogP contribution in [-0.2, 0) is 4.79 Å². The number of carbonyl (C=O) groups is 1. The number of amides is 1. The fourth-order valence-corrected chi connectivity index (χ4v) is 2.86. The lowest BCUT2D eigenvalue weighted by Crippen LogP contribution is -2.50. The molecule has 0 spiro atoms. The molecule has 3 unspecified atom stereocenters. The predicted molar refractivity (Wildman–Crippen MR) is 91.0 cm³/mol. The smallest absolute Gasteiger partial charge is 0.227 e. The molecule has 0 saturated carbocycles. The van der Waals surface area contributed by atoms with Crippen LogP contribution in [0.4, 0.5) is 4.39 Å². The molecule has 3 N–H and O–H groups in total. The van der Waals surface area contributed by atoms with Gasteiger partial charge in [-0.05, 0) is 57.4 Å². The topological polar surface area (TPSA) is 61.4 Å². The summed E-state index contributed by atoms with van der Waals surface area (Å²) in [5.41, 5.74) is 0.279. The normalized spacial score (nSPS) is 23.5. The van der Waals surface area contributed by atoms with Crippen LogP contribution in [0.2, 0.25) is 0 Å². The van der Waals surface area contributed by atoms with Gasteiger partial charge in [-0.25, -0.2) is 4.39 Å². The van der Waals surface area contributed by atoms with E-state index in [0.717, 1.165) is 19.4 Å². The zero-order chi connectivity index (χ0) is 16.2. The Kier molecular flexibility index (Phi) is 7.45. The monoisotopic (exact) mass is 344 g/mol. The van der Waals surface area contributed by atoms with Gasteiger partial charge in [0.25, 0.3) is 0 Å². The molecule has 1 fully saturated rings. The molecule has 2 rings (SSSR count). The molecule has 4 nitrogen and oxygen atoms in total. The van der Waals surface area contributed by atoms with Crippen molar-refractivity contribution in [3.8, 4) is 0 Å². The molecule has 1 amide bonds. The molecule has 23 heavy (non-hydrogen) atoms. The van der Waals surface area contributed by atoms with Gasteiger partial charge in [-0.1, -0.05) is 12.1 Å². The van der Waals surface area contributed by atoms with E-state index < -0.39 is 6.10 Å². The Morgan fingerprint density at radius 2 is 2.09 bits per heavy atom. The van der Waals surface area contributed by atoms with Crippen molar-refractivity contribution in [1.82, 2.24) is 10.6 Å². The van der Waals surface area contributed by atoms with Crippen LogP contribution < -0.4 is 10.6 Å². The molecule has 0 bridgehead atoms. The van der Waals surface area contributed by atoms with E-state index in [4.69, 9.17) is 0 Å². The molecule has 0 radical (unpaired) electrons. The van der Waals surface area contributed by atoms with Crippen molar-refractivity contribution in [3.63, 3.8) is 0 Å². The zero-order valence-corrected chi connectivity index (χ0v) is 14.5. The van der Waals surface area contributed by atoms with Gasteiger partial charge in [0.2, 0.25) is 5.91 Å². The number of halogens is 2. The highest BCUT2D eigenvalue weighted by molar-refractivity contribution is 5.85. The Balaban J connectivity index is 0.00000264. The van der Waals surface area contributed by atoms with Crippen LogP contribution in [0.3, 0.4) is 0 Å². The lowest BCUT2D eigenvalue weighted by Gasteiger charge is -2.34. The van der Waals surface area contributed by atoms with E-state index in [2.05, 4.69) is 10.6 Å². The molecule has 1 aliphatic heterocycles. The Morgan fingerprint density at radius 3 is 2.65 bits per heavy atom. The summed E-state index contributed by atoms with van der Waals surface area (Å²) in [5, 5.41) is 16.4. The lowest BCUT2D eigenvalue weighted by molar-refractivity contribution is -0.131. The number of hydrogen-bond donors (Lipinski definition) is 3. The minimum absolute atomic E-state index is 0. The number of rotatable bonds is 5. The van der Waals surface area contributed by atoms with E-state index >= 15 is 0 Å². The van der Waals surface area contributed by atoms with Crippen LogP contribution in [0, 0.1) is 11.2 Å². The molecule has 3 atom stereocenters. The fraction of sp³-hybridized carbons (Fsp3) is 0.588. The summed E-state index contributed by atoms with van der Waals surface area (Å²) < 4.78 is 12.9. The van der Waals surface area contributed by atoms with Crippen molar-refractivity contribution in [3.05, 3.63) is 35.6 Å². The standard InChI is InChI=1S/C17H25FN2O2.ClH/c1-12(10-15(21)13-4-6-14(18)7-5-13)20-16(22)17(2)8-3-9-19-11-17;/h4-7,12,15,19,21H,3,8-11H2,1-2H3,(H,20,22);1H. The zero-order valence-electron chi connectivity index (χ0n) is 13.6. The molecule has 1 aliphatic rings. The number of carbonyl (C=O) groups excluding carboxylic acids is 1. The first kappa shape index (κ1) is 19.9. The number of benzene rings is 1. The highest BCUT2D eigenvalue weighted by atomic mass is 35.5. The summed E-state index contributed by atoms with van der Waals surface area (Å²) >= 11 is 0. The van der Waals surface area contributed by atoms with Crippen molar-refractivity contribution < 1.29 is 14.3 Å². The van der Waals surface area contributed by atoms with Crippen LogP contribution in [0.15, 0.2) is 24.3 Å². The number of piperidine rings is 1. The third-order valence-electron chi connectivity index (χ3n) is 4.35. The SMILES string of the molecule is CC(CC(O)c1ccc(F)cc1)NC(=O)C1(C)CCCNC1.Cl. The molecule has 0 aliphatic carbocycles. The maximum Gasteiger partial charge on any atom is 0.227 e. The lowest BCUT2D eigenvalue weighted by atomic mass is 9.81. The van der Waals surface area contributed by atoms with Gasteiger partial charge in [-0.15, -0.1) is 12.4 Å². The van der Waals surface area contributed by atoms with E-state index in [1.165, 1.54) is 12.1 Å². The predicted octanol–water partition coefficient (Wildman–Crippen LogP) is 2.57. The Bertz CT molecular complexity index is 504. The molecule has 6 heteroatoms. The third kappa shape index (κ3) is 5.44. The molecular formula is C17H26ClFN2O2. The summed E-state index contributed by atoms with van der Waals surface area (Å²) in [6.07, 6.45) is 1.56. The Hall–Kier alpha value is -1.17. The molecule has 1 heterocycles. The van der Waals surface area contributed by atoms with Gasteiger partial charge >= 0.3 is 0 Å². The van der Waals surface area contributed by atoms with E-state index in [1.807, 2.05) is 13.8 Å². The van der Waals surface area contributed by atoms with Crippen LogP contribution in [0.1, 0.15) is 44.8 Å². The van der Waals surface area contributed by atoms with Gasteiger partial charge in [-0.2, -0.15) is 0 Å². The minimum atomic E-state index is -0.715. The summed E-state index contributed by atoms with van der Waals surface area (Å²) in [7, 11) is 0. The fourth-order valence-electron chi connectivity index (χ4n) is 2.86. The van der Waals surface area contributed by atoms with Gasteiger partial charge in [0.15, 0.2) is 0 Å². The van der Waals surface area contributed by atoms with Crippen LogP contribution >= 0.6 is 12.4 Å². The van der Waals surface area contributed by atoms with Crippen molar-refractivity contribution in [2.24, 2.45) is 5.41 Å². The van der Waals surface area contributed by atoms with E-state index in [-0.39, 0.29) is 35.6 Å². The van der Waals surface area contributed by atoms with Crippen LogP contribution in [0.25, 0.3) is 0 Å². The maximum atomic E-state index is 12.9. The number of aliphatic hydroxyl groups excluding tert-OH is 1. The van der Waals surface area contributed by atoms with Crippen molar-refractivity contribution in [2.45, 2.75) is 45.3 Å². The van der Waals surface area contributed by atoms with Gasteiger partial charge in [0.1, 0.15) is 5.82 Å². The van der Waals surface area contributed by atoms with Crippen LogP contribution in [-0.4, -0.2) is 30.1 Å². The van der Waals surface area contributed by atoms with E-state index in [0.29, 0.717) is 18.5 Å². The quantitative estimate of drug-likeness (QED) is 0.769. The third-order valence-corrected chi connectivity index (χ3v) is 4.35. The van der Waals surface area contributed by atoms with Gasteiger partial charge < -0.3 is 15.7 Å². The molecule has 130 valence electrons. The van der Waals surface area contributed by atoms with Gasteiger partial charge in [0, 0.05) is 12.6 Å². The Labute approximate surface area is 143 Å². The van der Waals surface area contributed by atoms with Crippen LogP contribution in [0.5, 0.6) is 0 Å².